The molecule has 32 heavy (non-hydrogen) atoms. The van der Waals surface area contributed by atoms with Crippen molar-refractivity contribution < 1.29 is 13.9 Å². The zero-order valence-electron chi connectivity index (χ0n) is 17.6. The summed E-state index contributed by atoms with van der Waals surface area (Å²) in [4.78, 5) is 22.9. The average Bonchev–Trinajstić information content (AvgIpc) is 3.23. The maximum Gasteiger partial charge on any atom is 0.239 e. The highest BCUT2D eigenvalue weighted by Crippen LogP contribution is 2.36. The lowest BCUT2D eigenvalue weighted by Gasteiger charge is -2.29. The molecule has 10 heteroatoms. The number of anilines is 1. The molecule has 172 valence electrons. The number of carbonyl (C=O) groups excluding carboxylic acids is 1. The molecule has 0 bridgehead atoms. The van der Waals surface area contributed by atoms with E-state index in [0.29, 0.717) is 29.9 Å². The average molecular weight is 516 g/mol. The number of hydrogen-bond donors (Lipinski definition) is 0. The molecular formula is C22H24Cl2FN3O2S2. The van der Waals surface area contributed by atoms with Crippen LogP contribution in [-0.2, 0) is 9.53 Å². The molecule has 1 fully saturated rings. The summed E-state index contributed by atoms with van der Waals surface area (Å²) in [5, 5.41) is 1.30. The topological polar surface area (TPSA) is 45.7 Å². The van der Waals surface area contributed by atoms with Gasteiger partial charge in [-0.2, -0.15) is 0 Å². The maximum atomic E-state index is 13.2. The highest BCUT2D eigenvalue weighted by molar-refractivity contribution is 8.00. The molecule has 1 aromatic heterocycles. The van der Waals surface area contributed by atoms with Crippen molar-refractivity contribution in [2.24, 2.45) is 0 Å². The monoisotopic (exact) mass is 515 g/mol. The number of nitrogens with zero attached hydrogens (tertiary/aromatic N) is 3. The number of fused-ring (bicyclic) bond motifs is 1. The standard InChI is InChI=1S/C22H23ClFN3O2S2.ClH/c1-15-2-7-18(23)21-20(15)25-22(31-21)27(9-8-26-10-12-29-13-11-26)19(28)14-30-17-5-3-16(24)4-6-17;/h2-7H,8-14H2,1H3;1H. The Morgan fingerprint density at radius 1 is 1.25 bits per heavy atom. The molecule has 2 aromatic carbocycles. The highest BCUT2D eigenvalue weighted by Gasteiger charge is 2.23. The Labute approximate surface area is 206 Å². The molecule has 1 amide bonds. The molecule has 2 heterocycles. The summed E-state index contributed by atoms with van der Waals surface area (Å²) in [5.41, 5.74) is 1.87. The Balaban J connectivity index is 0.00000289. The summed E-state index contributed by atoms with van der Waals surface area (Å²) in [5.74, 6) is -0.0721. The number of benzene rings is 2. The zero-order valence-corrected chi connectivity index (χ0v) is 20.8. The summed E-state index contributed by atoms with van der Waals surface area (Å²) < 4.78 is 19.5. The number of ether oxygens (including phenoxy) is 1. The van der Waals surface area contributed by atoms with Crippen LogP contribution in [-0.4, -0.2) is 60.9 Å². The third kappa shape index (κ3) is 6.12. The van der Waals surface area contributed by atoms with E-state index in [0.717, 1.165) is 40.3 Å². The molecule has 3 aromatic rings. The Bertz CT molecular complexity index is 1020. The number of rotatable bonds is 7. The molecule has 1 saturated heterocycles. The van der Waals surface area contributed by atoms with Crippen molar-refractivity contribution in [2.45, 2.75) is 11.8 Å². The second-order valence-electron chi connectivity index (χ2n) is 7.28. The number of aromatic nitrogens is 1. The smallest absolute Gasteiger partial charge is 0.239 e. The predicted octanol–water partition coefficient (Wildman–Crippen LogP) is 5.28. The molecule has 1 aliphatic rings. The van der Waals surface area contributed by atoms with E-state index in [4.69, 9.17) is 21.3 Å². The molecule has 1 aliphatic heterocycles. The molecule has 0 atom stereocenters. The largest absolute Gasteiger partial charge is 0.379 e. The Hall–Kier alpha value is -1.42. The van der Waals surface area contributed by atoms with E-state index in [-0.39, 0.29) is 29.9 Å². The van der Waals surface area contributed by atoms with Gasteiger partial charge in [0.15, 0.2) is 5.13 Å². The highest BCUT2D eigenvalue weighted by atomic mass is 35.5. The third-order valence-corrected chi connectivity index (χ3v) is 7.67. The quantitative estimate of drug-likeness (QED) is 0.400. The molecular weight excluding hydrogens is 492 g/mol. The van der Waals surface area contributed by atoms with Gasteiger partial charge in [-0.3, -0.25) is 14.6 Å². The molecule has 0 N–H and O–H groups in total. The first-order valence-electron chi connectivity index (χ1n) is 10.1. The summed E-state index contributed by atoms with van der Waals surface area (Å²) in [6, 6.07) is 9.99. The van der Waals surface area contributed by atoms with Gasteiger partial charge in [0.1, 0.15) is 5.82 Å². The number of hydrogen-bond acceptors (Lipinski definition) is 6. The minimum atomic E-state index is -0.287. The number of aryl methyl sites for hydroxylation is 1. The fraction of sp³-hybridized carbons (Fsp3) is 0.364. The molecule has 0 saturated carbocycles. The van der Waals surface area contributed by atoms with Crippen LogP contribution in [0.3, 0.4) is 0 Å². The second-order valence-corrected chi connectivity index (χ2v) is 9.71. The Kier molecular flexibility index (Phi) is 9.16. The van der Waals surface area contributed by atoms with Crippen LogP contribution in [0, 0.1) is 12.7 Å². The fourth-order valence-electron chi connectivity index (χ4n) is 3.35. The lowest BCUT2D eigenvalue weighted by molar-refractivity contribution is -0.116. The van der Waals surface area contributed by atoms with Gasteiger partial charge in [-0.15, -0.1) is 24.2 Å². The van der Waals surface area contributed by atoms with E-state index < -0.39 is 0 Å². The van der Waals surface area contributed by atoms with E-state index >= 15 is 0 Å². The van der Waals surface area contributed by atoms with Crippen LogP contribution < -0.4 is 4.90 Å². The van der Waals surface area contributed by atoms with Crippen LogP contribution in [0.2, 0.25) is 5.02 Å². The van der Waals surface area contributed by atoms with Crippen molar-refractivity contribution in [3.63, 3.8) is 0 Å². The number of morpholine rings is 1. The van der Waals surface area contributed by atoms with E-state index in [1.54, 1.807) is 17.0 Å². The first kappa shape index (κ1) is 25.2. The van der Waals surface area contributed by atoms with Crippen molar-refractivity contribution in [1.82, 2.24) is 9.88 Å². The van der Waals surface area contributed by atoms with Crippen LogP contribution in [0.4, 0.5) is 9.52 Å². The maximum absolute atomic E-state index is 13.2. The van der Waals surface area contributed by atoms with Crippen molar-refractivity contribution in [3.05, 3.63) is 52.8 Å². The summed E-state index contributed by atoms with van der Waals surface area (Å²) in [7, 11) is 0. The predicted molar refractivity (Wildman–Crippen MR) is 133 cm³/mol. The second kappa shape index (κ2) is 11.6. The van der Waals surface area contributed by atoms with E-state index in [2.05, 4.69) is 4.90 Å². The van der Waals surface area contributed by atoms with Crippen LogP contribution in [0.25, 0.3) is 10.2 Å². The first-order chi connectivity index (χ1) is 15.0. The van der Waals surface area contributed by atoms with Crippen molar-refractivity contribution in [2.75, 3.05) is 50.0 Å². The van der Waals surface area contributed by atoms with Crippen molar-refractivity contribution in [1.29, 1.82) is 0 Å². The lowest BCUT2D eigenvalue weighted by atomic mass is 10.2. The van der Waals surface area contributed by atoms with Gasteiger partial charge in [0, 0.05) is 31.1 Å². The van der Waals surface area contributed by atoms with Gasteiger partial charge in [-0.05, 0) is 42.8 Å². The van der Waals surface area contributed by atoms with Crippen molar-refractivity contribution >= 4 is 68.4 Å². The summed E-state index contributed by atoms with van der Waals surface area (Å²) in [6.07, 6.45) is 0. The van der Waals surface area contributed by atoms with Gasteiger partial charge in [0.2, 0.25) is 5.91 Å². The van der Waals surface area contributed by atoms with Crippen LogP contribution in [0.15, 0.2) is 41.3 Å². The van der Waals surface area contributed by atoms with Gasteiger partial charge in [-0.25, -0.2) is 9.37 Å². The summed E-state index contributed by atoms with van der Waals surface area (Å²) in [6.45, 7) is 6.42. The molecule has 4 rings (SSSR count). The Morgan fingerprint density at radius 3 is 2.66 bits per heavy atom. The summed E-state index contributed by atoms with van der Waals surface area (Å²) >= 11 is 9.23. The van der Waals surface area contributed by atoms with E-state index in [1.807, 2.05) is 19.1 Å². The van der Waals surface area contributed by atoms with Crippen LogP contribution in [0.1, 0.15) is 5.56 Å². The van der Waals surface area contributed by atoms with Gasteiger partial charge in [-0.1, -0.05) is 29.0 Å². The van der Waals surface area contributed by atoms with Gasteiger partial charge >= 0.3 is 0 Å². The number of amides is 1. The number of thiazole rings is 1. The minimum Gasteiger partial charge on any atom is -0.379 e. The molecule has 5 nitrogen and oxygen atoms in total. The number of halogens is 3. The first-order valence-corrected chi connectivity index (χ1v) is 12.2. The Morgan fingerprint density at radius 2 is 1.97 bits per heavy atom. The van der Waals surface area contributed by atoms with E-state index in [9.17, 15) is 9.18 Å². The molecule has 0 spiro atoms. The normalized spacial score (nSPS) is 14.3. The van der Waals surface area contributed by atoms with E-state index in [1.165, 1.54) is 35.2 Å². The lowest BCUT2D eigenvalue weighted by Crippen LogP contribution is -2.43. The van der Waals surface area contributed by atoms with Gasteiger partial charge in [0.05, 0.1) is 34.2 Å². The fourth-order valence-corrected chi connectivity index (χ4v) is 5.49. The molecule has 0 unspecified atom stereocenters. The zero-order chi connectivity index (χ0) is 21.8. The third-order valence-electron chi connectivity index (χ3n) is 5.14. The van der Waals surface area contributed by atoms with Gasteiger partial charge < -0.3 is 4.74 Å². The SMILES string of the molecule is Cc1ccc(Cl)c2sc(N(CCN3CCOCC3)C(=O)CSc3ccc(F)cc3)nc12.Cl. The van der Waals surface area contributed by atoms with Crippen LogP contribution >= 0.6 is 47.1 Å². The van der Waals surface area contributed by atoms with Crippen molar-refractivity contribution in [3.8, 4) is 0 Å². The number of thioether (sulfide) groups is 1. The molecule has 0 radical (unpaired) electrons. The van der Waals surface area contributed by atoms with Gasteiger partial charge in [0.25, 0.3) is 0 Å². The minimum absolute atomic E-state index is 0. The molecule has 0 aliphatic carbocycles. The number of carbonyl (C=O) groups is 1. The van der Waals surface area contributed by atoms with Crippen LogP contribution in [0.5, 0.6) is 0 Å².